The summed E-state index contributed by atoms with van der Waals surface area (Å²) >= 11 is 0. The van der Waals surface area contributed by atoms with Gasteiger partial charge in [0.1, 0.15) is 5.82 Å². The normalized spacial score (nSPS) is 16.8. The summed E-state index contributed by atoms with van der Waals surface area (Å²) in [5, 5.41) is 6.17. The van der Waals surface area contributed by atoms with Crippen LogP contribution < -0.4 is 11.1 Å². The zero-order chi connectivity index (χ0) is 16.4. The summed E-state index contributed by atoms with van der Waals surface area (Å²) in [6.45, 7) is 2.56. The SMILES string of the molecule is C[C@](CNC(=O)c1noc(=O)[nH]1)(Cc1ccc(F)cc1)C1CC1. The molecule has 0 unspecified atom stereocenters. The molecule has 0 radical (unpaired) electrons. The van der Waals surface area contributed by atoms with E-state index in [2.05, 4.69) is 26.9 Å². The summed E-state index contributed by atoms with van der Waals surface area (Å²) in [7, 11) is 0. The molecule has 0 aliphatic heterocycles. The summed E-state index contributed by atoms with van der Waals surface area (Å²) in [6, 6.07) is 6.43. The highest BCUT2D eigenvalue weighted by molar-refractivity contribution is 5.90. The quantitative estimate of drug-likeness (QED) is 0.851. The molecule has 122 valence electrons. The molecule has 1 heterocycles. The van der Waals surface area contributed by atoms with Crippen LogP contribution in [0.25, 0.3) is 0 Å². The number of rotatable bonds is 6. The lowest BCUT2D eigenvalue weighted by Crippen LogP contribution is -2.39. The molecule has 1 saturated carbocycles. The fourth-order valence-electron chi connectivity index (χ4n) is 2.89. The van der Waals surface area contributed by atoms with E-state index >= 15 is 0 Å². The molecule has 2 N–H and O–H groups in total. The second-order valence-corrected chi connectivity index (χ2v) is 6.36. The van der Waals surface area contributed by atoms with Crippen LogP contribution in [0.2, 0.25) is 0 Å². The van der Waals surface area contributed by atoms with Crippen LogP contribution in [0.15, 0.2) is 33.6 Å². The third kappa shape index (κ3) is 3.67. The minimum atomic E-state index is -0.758. The van der Waals surface area contributed by atoms with Crippen molar-refractivity contribution in [1.82, 2.24) is 15.5 Å². The zero-order valence-electron chi connectivity index (χ0n) is 12.8. The van der Waals surface area contributed by atoms with Gasteiger partial charge in [-0.3, -0.25) is 14.3 Å². The van der Waals surface area contributed by atoms with Crippen LogP contribution in [-0.2, 0) is 6.42 Å². The van der Waals surface area contributed by atoms with Crippen LogP contribution in [0.5, 0.6) is 0 Å². The van der Waals surface area contributed by atoms with Gasteiger partial charge in [-0.25, -0.2) is 9.18 Å². The van der Waals surface area contributed by atoms with Crippen LogP contribution in [0.1, 0.15) is 35.9 Å². The van der Waals surface area contributed by atoms with Crippen molar-refractivity contribution in [3.05, 3.63) is 52.0 Å². The standard InChI is InChI=1S/C16H18FN3O3/c1-16(11-4-5-11,8-10-2-6-12(17)7-3-10)9-18-14(21)13-19-15(22)23-20-13/h2-3,6-7,11H,4-5,8-9H2,1H3,(H,18,21)(H,19,20,22)/t16-/m1/s1. The number of nitrogens with zero attached hydrogens (tertiary/aromatic N) is 1. The Kier molecular flexibility index (Phi) is 4.02. The maximum absolute atomic E-state index is 13.0. The third-order valence-electron chi connectivity index (χ3n) is 4.39. The molecule has 1 fully saturated rings. The predicted octanol–water partition coefficient (Wildman–Crippen LogP) is 1.89. The van der Waals surface area contributed by atoms with Crippen LogP contribution in [-0.4, -0.2) is 22.6 Å². The topological polar surface area (TPSA) is 88.0 Å². The lowest BCUT2D eigenvalue weighted by molar-refractivity contribution is 0.0913. The largest absolute Gasteiger partial charge is 0.439 e. The van der Waals surface area contributed by atoms with E-state index in [1.54, 1.807) is 12.1 Å². The highest BCUT2D eigenvalue weighted by Crippen LogP contribution is 2.47. The van der Waals surface area contributed by atoms with Gasteiger partial charge in [0.2, 0.25) is 5.82 Å². The number of carbonyl (C=O) groups is 1. The molecule has 1 atom stereocenters. The van der Waals surface area contributed by atoms with Gasteiger partial charge in [0.05, 0.1) is 0 Å². The second kappa shape index (κ2) is 5.98. The summed E-state index contributed by atoms with van der Waals surface area (Å²) in [6.07, 6.45) is 2.98. The van der Waals surface area contributed by atoms with Gasteiger partial charge < -0.3 is 5.32 Å². The number of hydrogen-bond acceptors (Lipinski definition) is 4. The van der Waals surface area contributed by atoms with Crippen molar-refractivity contribution in [3.63, 3.8) is 0 Å². The van der Waals surface area contributed by atoms with Crippen LogP contribution in [0.4, 0.5) is 4.39 Å². The van der Waals surface area contributed by atoms with Crippen LogP contribution in [0.3, 0.4) is 0 Å². The lowest BCUT2D eigenvalue weighted by Gasteiger charge is -2.30. The van der Waals surface area contributed by atoms with E-state index < -0.39 is 11.7 Å². The van der Waals surface area contributed by atoms with E-state index in [0.29, 0.717) is 12.5 Å². The molecule has 23 heavy (non-hydrogen) atoms. The first kappa shape index (κ1) is 15.5. The van der Waals surface area contributed by atoms with Gasteiger partial charge in [-0.05, 0) is 53.4 Å². The molecule has 7 heteroatoms. The van der Waals surface area contributed by atoms with Crippen molar-refractivity contribution >= 4 is 5.91 Å². The number of amides is 1. The fraction of sp³-hybridized carbons (Fsp3) is 0.438. The van der Waals surface area contributed by atoms with Gasteiger partial charge >= 0.3 is 5.76 Å². The number of halogens is 1. The van der Waals surface area contributed by atoms with Crippen LogP contribution >= 0.6 is 0 Å². The minimum absolute atomic E-state index is 0.127. The monoisotopic (exact) mass is 319 g/mol. The molecule has 1 aromatic heterocycles. The second-order valence-electron chi connectivity index (χ2n) is 6.36. The molecule has 1 aromatic carbocycles. The number of H-pyrrole nitrogens is 1. The lowest BCUT2D eigenvalue weighted by atomic mass is 9.79. The van der Waals surface area contributed by atoms with Gasteiger partial charge in [-0.1, -0.05) is 19.1 Å². The summed E-state index contributed by atoms with van der Waals surface area (Å²) in [5.74, 6) is -1.10. The van der Waals surface area contributed by atoms with Gasteiger partial charge in [0, 0.05) is 6.54 Å². The molecule has 0 saturated heterocycles. The Hall–Kier alpha value is -2.44. The van der Waals surface area contributed by atoms with E-state index in [4.69, 9.17) is 0 Å². The Balaban J connectivity index is 1.67. The van der Waals surface area contributed by atoms with Crippen molar-refractivity contribution in [2.75, 3.05) is 6.54 Å². The van der Waals surface area contributed by atoms with E-state index in [9.17, 15) is 14.0 Å². The third-order valence-corrected chi connectivity index (χ3v) is 4.39. The van der Waals surface area contributed by atoms with Crippen molar-refractivity contribution in [3.8, 4) is 0 Å². The molecule has 1 aliphatic rings. The fourth-order valence-corrected chi connectivity index (χ4v) is 2.89. The Bertz CT molecular complexity index is 748. The molecule has 1 aliphatic carbocycles. The van der Waals surface area contributed by atoms with Gasteiger partial charge in [0.15, 0.2) is 0 Å². The Morgan fingerprint density at radius 3 is 2.70 bits per heavy atom. The smallest absolute Gasteiger partial charge is 0.349 e. The molecular weight excluding hydrogens is 301 g/mol. The van der Waals surface area contributed by atoms with Crippen molar-refractivity contribution in [2.24, 2.45) is 11.3 Å². The molecular formula is C16H18FN3O3. The van der Waals surface area contributed by atoms with Crippen molar-refractivity contribution in [2.45, 2.75) is 26.2 Å². The predicted molar refractivity (Wildman–Crippen MR) is 80.4 cm³/mol. The van der Waals surface area contributed by atoms with E-state index in [1.165, 1.54) is 12.1 Å². The van der Waals surface area contributed by atoms with Gasteiger partial charge in [-0.15, -0.1) is 0 Å². The number of hydrogen-bond donors (Lipinski definition) is 2. The number of aromatic nitrogens is 2. The van der Waals surface area contributed by atoms with E-state index in [0.717, 1.165) is 24.8 Å². The van der Waals surface area contributed by atoms with Crippen molar-refractivity contribution in [1.29, 1.82) is 0 Å². The average Bonchev–Trinajstić information content (AvgIpc) is 3.30. The maximum atomic E-state index is 13.0. The summed E-state index contributed by atoms with van der Waals surface area (Å²) < 4.78 is 17.4. The Morgan fingerprint density at radius 2 is 2.13 bits per heavy atom. The molecule has 0 bridgehead atoms. The number of benzene rings is 1. The first-order valence-electron chi connectivity index (χ1n) is 7.55. The number of carbonyl (C=O) groups excluding carboxylic acids is 1. The average molecular weight is 319 g/mol. The zero-order valence-corrected chi connectivity index (χ0v) is 12.8. The maximum Gasteiger partial charge on any atom is 0.439 e. The first-order valence-corrected chi connectivity index (χ1v) is 7.55. The van der Waals surface area contributed by atoms with E-state index in [-0.39, 0.29) is 17.1 Å². The first-order chi connectivity index (χ1) is 11.0. The molecule has 3 rings (SSSR count). The Labute approximate surface area is 132 Å². The Morgan fingerprint density at radius 1 is 1.43 bits per heavy atom. The molecule has 2 aromatic rings. The molecule has 0 spiro atoms. The summed E-state index contributed by atoms with van der Waals surface area (Å²) in [4.78, 5) is 25.1. The minimum Gasteiger partial charge on any atom is -0.349 e. The number of nitrogens with one attached hydrogen (secondary N) is 2. The van der Waals surface area contributed by atoms with E-state index in [1.807, 2.05) is 0 Å². The highest BCUT2D eigenvalue weighted by Gasteiger charge is 2.41. The molecule has 6 nitrogen and oxygen atoms in total. The van der Waals surface area contributed by atoms with Gasteiger partial charge in [-0.2, -0.15) is 0 Å². The van der Waals surface area contributed by atoms with Crippen LogP contribution in [0, 0.1) is 17.2 Å². The van der Waals surface area contributed by atoms with Crippen molar-refractivity contribution < 1.29 is 13.7 Å². The summed E-state index contributed by atoms with van der Waals surface area (Å²) in [5.41, 5.74) is 0.905. The van der Waals surface area contributed by atoms with Gasteiger partial charge in [0.25, 0.3) is 5.91 Å². The highest BCUT2D eigenvalue weighted by atomic mass is 19.1. The molecule has 1 amide bonds. The number of aromatic amines is 1.